The second-order valence-corrected chi connectivity index (χ2v) is 3.88. The largest absolute Gasteiger partial charge is 0.451 e. The third kappa shape index (κ3) is 1.27. The molecule has 1 unspecified atom stereocenters. The van der Waals surface area contributed by atoms with E-state index in [1.807, 2.05) is 31.2 Å². The van der Waals surface area contributed by atoms with E-state index >= 15 is 0 Å². The van der Waals surface area contributed by atoms with Crippen molar-refractivity contribution in [1.29, 1.82) is 0 Å². The van der Waals surface area contributed by atoms with Gasteiger partial charge in [-0.3, -0.25) is 4.79 Å². The Balaban J connectivity index is 1.93. The lowest BCUT2D eigenvalue weighted by Gasteiger charge is -2.06. The second kappa shape index (κ2) is 2.70. The molecule has 1 atom stereocenters. The van der Waals surface area contributed by atoms with Crippen LogP contribution in [0.15, 0.2) is 30.3 Å². The number of ether oxygens (including phenoxy) is 2. The maximum absolute atomic E-state index is 11.5. The lowest BCUT2D eigenvalue weighted by atomic mass is 10.1. The van der Waals surface area contributed by atoms with E-state index in [1.54, 1.807) is 0 Å². The Labute approximate surface area is 87.3 Å². The molecule has 76 valence electrons. The summed E-state index contributed by atoms with van der Waals surface area (Å²) in [5, 5.41) is 0. The van der Waals surface area contributed by atoms with Gasteiger partial charge in [0.25, 0.3) is 5.79 Å². The van der Waals surface area contributed by atoms with Gasteiger partial charge in [-0.2, -0.15) is 0 Å². The van der Waals surface area contributed by atoms with E-state index in [1.165, 1.54) is 11.6 Å². The van der Waals surface area contributed by atoms with Crippen molar-refractivity contribution in [3.63, 3.8) is 0 Å². The van der Waals surface area contributed by atoms with Gasteiger partial charge in [0.1, 0.15) is 12.4 Å². The number of rotatable bonds is 1. The summed E-state index contributed by atoms with van der Waals surface area (Å²) in [6.45, 7) is 2.39. The molecule has 3 nitrogen and oxygen atoms in total. The molecule has 2 heterocycles. The van der Waals surface area contributed by atoms with Crippen molar-refractivity contribution in [2.45, 2.75) is 12.7 Å². The first-order valence-electron chi connectivity index (χ1n) is 4.86. The minimum absolute atomic E-state index is 0.0851. The fraction of sp³-hybridized carbons (Fsp3) is 0.250. The molecule has 0 saturated carbocycles. The predicted molar refractivity (Wildman–Crippen MR) is 53.9 cm³/mol. The predicted octanol–water partition coefficient (Wildman–Crippen LogP) is 1.66. The third-order valence-corrected chi connectivity index (χ3v) is 2.66. The molecule has 0 bridgehead atoms. The highest BCUT2D eigenvalue weighted by Crippen LogP contribution is 2.40. The molecule has 0 amide bonds. The van der Waals surface area contributed by atoms with Gasteiger partial charge in [0.05, 0.1) is 0 Å². The molecule has 1 saturated heterocycles. The van der Waals surface area contributed by atoms with E-state index in [9.17, 15) is 4.79 Å². The van der Waals surface area contributed by atoms with E-state index in [2.05, 4.69) is 0 Å². The summed E-state index contributed by atoms with van der Waals surface area (Å²) >= 11 is 0. The fourth-order valence-electron chi connectivity index (χ4n) is 1.61. The van der Waals surface area contributed by atoms with Crippen LogP contribution in [0.5, 0.6) is 0 Å². The van der Waals surface area contributed by atoms with Crippen LogP contribution < -0.4 is 0 Å². The summed E-state index contributed by atoms with van der Waals surface area (Å²) < 4.78 is 10.5. The number of hydrogen-bond donors (Lipinski definition) is 0. The Kier molecular flexibility index (Phi) is 1.56. The zero-order valence-corrected chi connectivity index (χ0v) is 8.32. The Hall–Kier alpha value is -1.61. The first-order chi connectivity index (χ1) is 7.20. The molecule has 0 N–H and O–H groups in total. The molecular formula is C12H10O3. The quantitative estimate of drug-likeness (QED) is 0.650. The van der Waals surface area contributed by atoms with Crippen LogP contribution in [0.1, 0.15) is 11.1 Å². The first kappa shape index (κ1) is 8.68. The molecule has 0 radical (unpaired) electrons. The van der Waals surface area contributed by atoms with Crippen LogP contribution in [-0.2, 0) is 14.3 Å². The highest BCUT2D eigenvalue weighted by molar-refractivity contribution is 6.05. The highest BCUT2D eigenvalue weighted by atomic mass is 16.8. The van der Waals surface area contributed by atoms with Crippen LogP contribution >= 0.6 is 0 Å². The number of carbonyl (C=O) groups excluding carboxylic acids is 1. The van der Waals surface area contributed by atoms with Gasteiger partial charge in [-0.05, 0) is 6.92 Å². The lowest BCUT2D eigenvalue weighted by Crippen LogP contribution is -2.19. The van der Waals surface area contributed by atoms with E-state index in [0.29, 0.717) is 12.4 Å². The van der Waals surface area contributed by atoms with E-state index in [4.69, 9.17) is 9.47 Å². The number of carbonyl (C=O) groups is 1. The van der Waals surface area contributed by atoms with Crippen molar-refractivity contribution < 1.29 is 14.3 Å². The normalized spacial score (nSPS) is 27.8. The van der Waals surface area contributed by atoms with Crippen molar-refractivity contribution in [2.24, 2.45) is 0 Å². The van der Waals surface area contributed by atoms with Gasteiger partial charge in [-0.25, -0.2) is 0 Å². The van der Waals surface area contributed by atoms with Gasteiger partial charge in [0.15, 0.2) is 0 Å². The van der Waals surface area contributed by atoms with Crippen LogP contribution in [0.2, 0.25) is 0 Å². The number of hydrogen-bond acceptors (Lipinski definition) is 3. The Morgan fingerprint density at radius 3 is 2.47 bits per heavy atom. The molecular weight excluding hydrogens is 192 g/mol. The van der Waals surface area contributed by atoms with Crippen LogP contribution in [-0.4, -0.2) is 18.2 Å². The molecule has 1 spiro atoms. The van der Waals surface area contributed by atoms with Crippen molar-refractivity contribution in [3.05, 3.63) is 41.5 Å². The van der Waals surface area contributed by atoms with Gasteiger partial charge >= 0.3 is 0 Å². The number of benzene rings is 1. The fourth-order valence-corrected chi connectivity index (χ4v) is 1.61. The Morgan fingerprint density at radius 2 is 1.93 bits per heavy atom. The molecule has 0 aliphatic carbocycles. The average molecular weight is 202 g/mol. The van der Waals surface area contributed by atoms with Gasteiger partial charge in [-0.1, -0.05) is 29.8 Å². The Bertz CT molecular complexity index is 452. The molecule has 2 aliphatic rings. The van der Waals surface area contributed by atoms with Crippen LogP contribution in [0.4, 0.5) is 0 Å². The number of ketones is 1. The Morgan fingerprint density at radius 1 is 1.27 bits per heavy atom. The SMILES string of the molecule is Cc1ccc(C2=CC(=O)C3(CO3)O2)cc1. The van der Waals surface area contributed by atoms with Crippen LogP contribution in [0, 0.1) is 6.92 Å². The summed E-state index contributed by atoms with van der Waals surface area (Å²) in [4.78, 5) is 11.5. The number of epoxide rings is 1. The van der Waals surface area contributed by atoms with Gasteiger partial charge in [0, 0.05) is 11.6 Å². The van der Waals surface area contributed by atoms with Crippen molar-refractivity contribution >= 4 is 11.5 Å². The van der Waals surface area contributed by atoms with Crippen LogP contribution in [0.25, 0.3) is 5.76 Å². The minimum Gasteiger partial charge on any atom is -0.451 e. The minimum atomic E-state index is -0.958. The molecule has 3 heteroatoms. The van der Waals surface area contributed by atoms with E-state index < -0.39 is 5.79 Å². The lowest BCUT2D eigenvalue weighted by molar-refractivity contribution is -0.127. The van der Waals surface area contributed by atoms with E-state index in [-0.39, 0.29) is 5.78 Å². The monoisotopic (exact) mass is 202 g/mol. The molecule has 0 aromatic heterocycles. The zero-order chi connectivity index (χ0) is 10.5. The average Bonchev–Trinajstić information content (AvgIpc) is 2.91. The molecule has 1 aromatic rings. The molecule has 2 aliphatic heterocycles. The first-order valence-corrected chi connectivity index (χ1v) is 4.86. The summed E-state index contributed by atoms with van der Waals surface area (Å²) in [5.74, 6) is -0.434. The van der Waals surface area contributed by atoms with Crippen molar-refractivity contribution in [1.82, 2.24) is 0 Å². The van der Waals surface area contributed by atoms with Gasteiger partial charge < -0.3 is 9.47 Å². The van der Waals surface area contributed by atoms with Crippen molar-refractivity contribution in [3.8, 4) is 0 Å². The zero-order valence-electron chi connectivity index (χ0n) is 8.32. The molecule has 1 fully saturated rings. The summed E-state index contributed by atoms with van der Waals surface area (Å²) in [5.41, 5.74) is 2.10. The van der Waals surface area contributed by atoms with Gasteiger partial charge in [-0.15, -0.1) is 0 Å². The third-order valence-electron chi connectivity index (χ3n) is 2.66. The van der Waals surface area contributed by atoms with E-state index in [0.717, 1.165) is 5.56 Å². The maximum atomic E-state index is 11.5. The summed E-state index contributed by atoms with van der Waals surface area (Å²) in [7, 11) is 0. The summed E-state index contributed by atoms with van der Waals surface area (Å²) in [6.07, 6.45) is 1.51. The molecule has 3 rings (SSSR count). The standard InChI is InChI=1S/C12H10O3/c1-8-2-4-9(5-3-8)10-6-11(13)12(15-10)7-14-12/h2-6H,7H2,1H3. The van der Waals surface area contributed by atoms with Crippen LogP contribution in [0.3, 0.4) is 0 Å². The smallest absolute Gasteiger partial charge is 0.298 e. The molecule has 1 aromatic carbocycles. The topological polar surface area (TPSA) is 38.8 Å². The maximum Gasteiger partial charge on any atom is 0.298 e. The summed E-state index contributed by atoms with van der Waals surface area (Å²) in [6, 6.07) is 7.86. The highest BCUT2D eigenvalue weighted by Gasteiger charge is 2.58. The second-order valence-electron chi connectivity index (χ2n) is 3.88. The van der Waals surface area contributed by atoms with Gasteiger partial charge in [0.2, 0.25) is 5.78 Å². The van der Waals surface area contributed by atoms with Crippen molar-refractivity contribution in [2.75, 3.05) is 6.61 Å². The molecule has 15 heavy (non-hydrogen) atoms. The number of aryl methyl sites for hydroxylation is 1.